The maximum atomic E-state index is 13.8. The maximum absolute atomic E-state index is 13.8. The van der Waals surface area contributed by atoms with Gasteiger partial charge in [0, 0.05) is 12.1 Å². The average molecular weight is 751 g/mol. The molecule has 4 aliphatic rings. The maximum Gasteiger partial charge on any atom is 0.266 e. The predicted molar refractivity (Wildman–Crippen MR) is 203 cm³/mol. The Balaban J connectivity index is 1.09. The number of benzene rings is 6. The smallest absolute Gasteiger partial charge is 0.266 e. The van der Waals surface area contributed by atoms with Gasteiger partial charge in [-0.05, 0) is 72.8 Å². The van der Waals surface area contributed by atoms with Gasteiger partial charge in [0.25, 0.3) is 47.3 Å². The van der Waals surface area contributed by atoms with Crippen LogP contribution in [0.25, 0.3) is 0 Å². The Hall–Kier alpha value is -8.32. The molecule has 57 heavy (non-hydrogen) atoms. The fourth-order valence-electron chi connectivity index (χ4n) is 7.64. The van der Waals surface area contributed by atoms with E-state index in [4.69, 9.17) is 4.74 Å². The molecule has 0 bridgehead atoms. The van der Waals surface area contributed by atoms with Crippen molar-refractivity contribution in [2.75, 3.05) is 19.6 Å². The highest BCUT2D eigenvalue weighted by molar-refractivity contribution is 6.40. The summed E-state index contributed by atoms with van der Waals surface area (Å²) >= 11 is 0. The summed E-state index contributed by atoms with van der Waals surface area (Å²) in [4.78, 5) is 113. The zero-order valence-corrected chi connectivity index (χ0v) is 29.2. The van der Waals surface area contributed by atoms with E-state index >= 15 is 0 Å². The summed E-state index contributed by atoms with van der Waals surface area (Å²) in [6.07, 6.45) is 0. The van der Waals surface area contributed by atoms with Crippen LogP contribution in [0.15, 0.2) is 133 Å². The standard InChI is InChI=1S/C44H22N4O9/c49-37-25-9-1-2-10-26(25)38(50)45(37)33-19-17-23(21-35(33)47-41(53)29-13-5-6-14-30(29)42(47)54)57-24-18-20-34(46-39(51)27-11-3-4-12-28(27)40(46)52)36(22-24)48-43(55)31-15-7-8-16-32(31)44(48)56/h1-22H. The Morgan fingerprint density at radius 2 is 0.474 bits per heavy atom. The van der Waals surface area contributed by atoms with Gasteiger partial charge in [0.1, 0.15) is 11.5 Å². The molecule has 10 rings (SSSR count). The highest BCUT2D eigenvalue weighted by Crippen LogP contribution is 2.44. The van der Waals surface area contributed by atoms with E-state index in [2.05, 4.69) is 0 Å². The molecular weight excluding hydrogens is 729 g/mol. The van der Waals surface area contributed by atoms with Crippen LogP contribution in [0.1, 0.15) is 82.9 Å². The van der Waals surface area contributed by atoms with E-state index < -0.39 is 47.3 Å². The molecule has 0 N–H and O–H groups in total. The first-order valence-corrected chi connectivity index (χ1v) is 17.5. The lowest BCUT2D eigenvalue weighted by atomic mass is 10.1. The van der Waals surface area contributed by atoms with Crippen molar-refractivity contribution < 1.29 is 43.1 Å². The van der Waals surface area contributed by atoms with E-state index in [0.717, 1.165) is 19.6 Å². The lowest BCUT2D eigenvalue weighted by molar-refractivity contribution is 0.0904. The molecule has 13 heteroatoms. The van der Waals surface area contributed by atoms with Crippen LogP contribution in [0.2, 0.25) is 0 Å². The number of amides is 8. The van der Waals surface area contributed by atoms with Crippen molar-refractivity contribution in [3.05, 3.63) is 178 Å². The summed E-state index contributed by atoms with van der Waals surface area (Å²) in [5.41, 5.74) is 0.704. The van der Waals surface area contributed by atoms with Crippen molar-refractivity contribution in [1.29, 1.82) is 0 Å². The van der Waals surface area contributed by atoms with Gasteiger partial charge in [0.2, 0.25) is 0 Å². The first-order chi connectivity index (χ1) is 27.6. The number of imide groups is 4. The van der Waals surface area contributed by atoms with E-state index in [1.807, 2.05) is 0 Å². The van der Waals surface area contributed by atoms with Gasteiger partial charge in [0.05, 0.1) is 67.3 Å². The second kappa shape index (κ2) is 12.1. The fraction of sp³-hybridized carbons (Fsp3) is 0. The highest BCUT2D eigenvalue weighted by atomic mass is 16.5. The van der Waals surface area contributed by atoms with Crippen molar-refractivity contribution >= 4 is 70.0 Å². The van der Waals surface area contributed by atoms with Crippen molar-refractivity contribution in [2.45, 2.75) is 0 Å². The number of anilines is 4. The zero-order valence-electron chi connectivity index (χ0n) is 29.2. The van der Waals surface area contributed by atoms with Gasteiger partial charge in [-0.2, -0.15) is 0 Å². The van der Waals surface area contributed by atoms with E-state index in [1.165, 1.54) is 84.9 Å². The third-order valence-corrected chi connectivity index (χ3v) is 10.3. The predicted octanol–water partition coefficient (Wildman–Crippen LogP) is 6.68. The quantitative estimate of drug-likeness (QED) is 0.169. The Morgan fingerprint density at radius 3 is 0.702 bits per heavy atom. The third-order valence-electron chi connectivity index (χ3n) is 10.3. The lowest BCUT2D eigenvalue weighted by Crippen LogP contribution is -2.35. The molecule has 8 amide bonds. The minimum atomic E-state index is -0.691. The molecule has 0 aromatic heterocycles. The van der Waals surface area contributed by atoms with E-state index in [1.54, 1.807) is 48.5 Å². The molecule has 0 saturated carbocycles. The second-order valence-electron chi connectivity index (χ2n) is 13.4. The van der Waals surface area contributed by atoms with Gasteiger partial charge in [-0.1, -0.05) is 48.5 Å². The number of ether oxygens (including phenoxy) is 1. The number of carbonyl (C=O) groups is 8. The van der Waals surface area contributed by atoms with Crippen molar-refractivity contribution in [3.63, 3.8) is 0 Å². The molecular formula is C44H22N4O9. The summed E-state index contributed by atoms with van der Waals surface area (Å²) in [6.45, 7) is 0. The van der Waals surface area contributed by atoms with Crippen LogP contribution in [0.3, 0.4) is 0 Å². The minimum Gasteiger partial charge on any atom is -0.457 e. The number of hydrogen-bond acceptors (Lipinski definition) is 9. The summed E-state index contributed by atoms with van der Waals surface area (Å²) < 4.78 is 6.27. The summed E-state index contributed by atoms with van der Waals surface area (Å²) in [5.74, 6) is -5.35. The van der Waals surface area contributed by atoms with Gasteiger partial charge < -0.3 is 4.74 Å². The molecule has 0 aliphatic carbocycles. The Bertz CT molecular complexity index is 2600. The van der Waals surface area contributed by atoms with Gasteiger partial charge in [-0.3, -0.25) is 38.4 Å². The molecule has 6 aromatic rings. The number of hydrogen-bond donors (Lipinski definition) is 0. The minimum absolute atomic E-state index is 0.0173. The third kappa shape index (κ3) is 4.69. The molecule has 0 fully saturated rings. The van der Waals surface area contributed by atoms with Crippen molar-refractivity contribution in [1.82, 2.24) is 0 Å². The van der Waals surface area contributed by atoms with Crippen LogP contribution < -0.4 is 24.3 Å². The molecule has 6 aromatic carbocycles. The molecule has 4 aliphatic heterocycles. The topological polar surface area (TPSA) is 159 Å². The molecule has 4 heterocycles. The SMILES string of the molecule is O=C1c2ccccc2C(=O)N1c1ccc(Oc2ccc(N3C(=O)c4ccccc4C3=O)c(N3C(=O)c4ccccc4C3=O)c2)cc1N1C(=O)c2ccccc2C1=O. The number of carbonyl (C=O) groups excluding carboxylic acids is 8. The van der Waals surface area contributed by atoms with E-state index in [0.29, 0.717) is 0 Å². The molecule has 0 radical (unpaired) electrons. The van der Waals surface area contributed by atoms with Gasteiger partial charge in [-0.15, -0.1) is 0 Å². The zero-order chi connectivity index (χ0) is 39.3. The number of fused-ring (bicyclic) bond motifs is 4. The Labute approximate surface area is 321 Å². The molecule has 0 saturated heterocycles. The molecule has 0 spiro atoms. The van der Waals surface area contributed by atoms with Gasteiger partial charge in [-0.25, -0.2) is 19.6 Å². The summed E-state index contributed by atoms with van der Waals surface area (Å²) in [7, 11) is 0. The van der Waals surface area contributed by atoms with Crippen molar-refractivity contribution in [3.8, 4) is 11.5 Å². The molecule has 13 nitrogen and oxygen atoms in total. The first kappa shape index (κ1) is 33.3. The fourth-order valence-corrected chi connectivity index (χ4v) is 7.64. The second-order valence-corrected chi connectivity index (χ2v) is 13.4. The van der Waals surface area contributed by atoms with Crippen LogP contribution in [0, 0.1) is 0 Å². The molecule has 272 valence electrons. The van der Waals surface area contributed by atoms with Crippen LogP contribution >= 0.6 is 0 Å². The van der Waals surface area contributed by atoms with Crippen LogP contribution in [-0.4, -0.2) is 47.3 Å². The number of nitrogens with zero attached hydrogens (tertiary/aromatic N) is 4. The highest BCUT2D eigenvalue weighted by Gasteiger charge is 2.44. The largest absolute Gasteiger partial charge is 0.457 e. The summed E-state index contributed by atoms with van der Waals surface area (Å²) in [5, 5.41) is 0. The first-order valence-electron chi connectivity index (χ1n) is 17.5. The molecule has 0 atom stereocenters. The lowest BCUT2D eigenvalue weighted by Gasteiger charge is -2.25. The van der Waals surface area contributed by atoms with Crippen LogP contribution in [-0.2, 0) is 0 Å². The van der Waals surface area contributed by atoms with Gasteiger partial charge >= 0.3 is 0 Å². The van der Waals surface area contributed by atoms with Crippen LogP contribution in [0.5, 0.6) is 11.5 Å². The van der Waals surface area contributed by atoms with Crippen LogP contribution in [0.4, 0.5) is 22.7 Å². The van der Waals surface area contributed by atoms with E-state index in [-0.39, 0.29) is 78.8 Å². The summed E-state index contributed by atoms with van der Waals surface area (Å²) in [6, 6.07) is 33.1. The van der Waals surface area contributed by atoms with E-state index in [9.17, 15) is 38.4 Å². The Morgan fingerprint density at radius 1 is 0.263 bits per heavy atom. The Kier molecular flexibility index (Phi) is 7.06. The van der Waals surface area contributed by atoms with Gasteiger partial charge in [0.15, 0.2) is 0 Å². The van der Waals surface area contributed by atoms with Crippen molar-refractivity contribution in [2.24, 2.45) is 0 Å². The monoisotopic (exact) mass is 750 g/mol. The number of rotatable bonds is 6. The normalized spacial score (nSPS) is 15.5. The molecule has 0 unspecified atom stereocenters. The average Bonchev–Trinajstić information content (AvgIpc) is 3.84.